The Morgan fingerprint density at radius 1 is 1.53 bits per heavy atom. The summed E-state index contributed by atoms with van der Waals surface area (Å²) < 4.78 is 1.72. The van der Waals surface area contributed by atoms with E-state index in [2.05, 4.69) is 10.4 Å². The molecule has 1 aromatic carbocycles. The van der Waals surface area contributed by atoms with Crippen LogP contribution in [0.3, 0.4) is 0 Å². The predicted octanol–water partition coefficient (Wildman–Crippen LogP) is 1.88. The number of hydrogen-bond donors (Lipinski definition) is 1. The number of nitro benzene ring substituents is 1. The van der Waals surface area contributed by atoms with Crippen LogP contribution in [0.1, 0.15) is 5.56 Å². The van der Waals surface area contributed by atoms with Crippen molar-refractivity contribution in [1.29, 1.82) is 0 Å². The van der Waals surface area contributed by atoms with Crippen LogP contribution in [0.25, 0.3) is 0 Å². The van der Waals surface area contributed by atoms with Crippen molar-refractivity contribution in [3.8, 4) is 0 Å². The second-order valence-corrected chi connectivity index (χ2v) is 3.56. The highest BCUT2D eigenvalue weighted by Gasteiger charge is 2.13. The van der Waals surface area contributed by atoms with Gasteiger partial charge in [0.25, 0.3) is 5.69 Å². The normalized spacial score (nSPS) is 10.2. The molecule has 0 spiro atoms. The van der Waals surface area contributed by atoms with Gasteiger partial charge >= 0.3 is 0 Å². The smallest absolute Gasteiger partial charge is 0.292 e. The Morgan fingerprint density at radius 3 is 2.94 bits per heavy atom. The van der Waals surface area contributed by atoms with Crippen molar-refractivity contribution in [2.75, 3.05) is 12.4 Å². The fourth-order valence-electron chi connectivity index (χ4n) is 1.62. The molecular formula is C11H12N4O2. The number of hydrogen-bond acceptors (Lipinski definition) is 4. The molecule has 0 atom stereocenters. The minimum absolute atomic E-state index is 0.0807. The second kappa shape index (κ2) is 4.65. The van der Waals surface area contributed by atoms with Crippen LogP contribution in [0.2, 0.25) is 0 Å². The van der Waals surface area contributed by atoms with Crippen molar-refractivity contribution < 1.29 is 4.92 Å². The van der Waals surface area contributed by atoms with Crippen molar-refractivity contribution in [2.45, 2.75) is 6.54 Å². The van der Waals surface area contributed by atoms with E-state index in [-0.39, 0.29) is 5.69 Å². The summed E-state index contributed by atoms with van der Waals surface area (Å²) in [5, 5.41) is 17.7. The molecule has 0 aliphatic rings. The molecule has 0 radical (unpaired) electrons. The summed E-state index contributed by atoms with van der Waals surface area (Å²) in [6.45, 7) is 0.526. The number of rotatable bonds is 4. The highest BCUT2D eigenvalue weighted by atomic mass is 16.6. The van der Waals surface area contributed by atoms with Crippen LogP contribution in [0.15, 0.2) is 36.7 Å². The fourth-order valence-corrected chi connectivity index (χ4v) is 1.62. The molecular weight excluding hydrogens is 220 g/mol. The molecule has 0 saturated carbocycles. The van der Waals surface area contributed by atoms with E-state index in [0.29, 0.717) is 12.2 Å². The van der Waals surface area contributed by atoms with Gasteiger partial charge in [0.1, 0.15) is 5.69 Å². The van der Waals surface area contributed by atoms with Crippen molar-refractivity contribution in [3.63, 3.8) is 0 Å². The second-order valence-electron chi connectivity index (χ2n) is 3.56. The van der Waals surface area contributed by atoms with E-state index in [4.69, 9.17) is 0 Å². The lowest BCUT2D eigenvalue weighted by Gasteiger charge is -2.05. The Hall–Kier alpha value is -2.37. The third-order valence-corrected chi connectivity index (χ3v) is 2.43. The lowest BCUT2D eigenvalue weighted by molar-refractivity contribution is -0.384. The molecule has 0 unspecified atom stereocenters. The first-order valence-corrected chi connectivity index (χ1v) is 5.13. The Kier molecular flexibility index (Phi) is 3.04. The van der Waals surface area contributed by atoms with Crippen LogP contribution < -0.4 is 5.32 Å². The van der Waals surface area contributed by atoms with Crippen LogP contribution in [0.5, 0.6) is 0 Å². The molecule has 2 aromatic rings. The molecule has 0 saturated heterocycles. The van der Waals surface area contributed by atoms with Gasteiger partial charge in [-0.2, -0.15) is 5.10 Å². The molecule has 0 aliphatic heterocycles. The zero-order valence-electron chi connectivity index (χ0n) is 9.33. The molecule has 0 fully saturated rings. The summed E-state index contributed by atoms with van der Waals surface area (Å²) in [6, 6.07) is 6.93. The van der Waals surface area contributed by atoms with Gasteiger partial charge in [-0.3, -0.25) is 14.8 Å². The van der Waals surface area contributed by atoms with Crippen molar-refractivity contribution >= 4 is 11.4 Å². The van der Waals surface area contributed by atoms with Crippen LogP contribution in [0, 0.1) is 10.1 Å². The van der Waals surface area contributed by atoms with E-state index in [1.54, 1.807) is 30.1 Å². The van der Waals surface area contributed by atoms with Gasteiger partial charge in [-0.25, -0.2) is 0 Å². The van der Waals surface area contributed by atoms with E-state index in [9.17, 15) is 10.1 Å². The van der Waals surface area contributed by atoms with Crippen molar-refractivity contribution in [3.05, 3.63) is 52.3 Å². The van der Waals surface area contributed by atoms with Gasteiger partial charge in [0.15, 0.2) is 0 Å². The van der Waals surface area contributed by atoms with E-state index in [0.717, 1.165) is 5.56 Å². The average molecular weight is 232 g/mol. The summed E-state index contributed by atoms with van der Waals surface area (Å²) in [7, 11) is 1.66. The zero-order valence-corrected chi connectivity index (χ0v) is 9.33. The molecule has 17 heavy (non-hydrogen) atoms. The molecule has 0 amide bonds. The van der Waals surface area contributed by atoms with Crippen LogP contribution in [0.4, 0.5) is 11.4 Å². The fraction of sp³-hybridized carbons (Fsp3) is 0.182. The Morgan fingerprint density at radius 2 is 2.35 bits per heavy atom. The van der Waals surface area contributed by atoms with Crippen molar-refractivity contribution in [1.82, 2.24) is 9.78 Å². The van der Waals surface area contributed by atoms with E-state index < -0.39 is 4.92 Å². The average Bonchev–Trinajstić information content (AvgIpc) is 2.81. The van der Waals surface area contributed by atoms with Crippen LogP contribution in [-0.4, -0.2) is 21.8 Å². The minimum Gasteiger partial charge on any atom is -0.383 e. The number of nitrogens with zero attached hydrogens (tertiary/aromatic N) is 3. The van der Waals surface area contributed by atoms with Crippen LogP contribution >= 0.6 is 0 Å². The van der Waals surface area contributed by atoms with E-state index in [1.807, 2.05) is 18.3 Å². The van der Waals surface area contributed by atoms with E-state index in [1.165, 1.54) is 0 Å². The molecule has 1 heterocycles. The molecule has 0 aliphatic carbocycles. The Balaban J connectivity index is 2.30. The topological polar surface area (TPSA) is 73.0 Å². The van der Waals surface area contributed by atoms with Gasteiger partial charge in [-0.05, 0) is 17.7 Å². The van der Waals surface area contributed by atoms with Gasteiger partial charge < -0.3 is 5.32 Å². The maximum atomic E-state index is 10.9. The molecule has 6 nitrogen and oxygen atoms in total. The first kappa shape index (κ1) is 11.1. The Labute approximate surface area is 98.0 Å². The standard InChI is InChI=1S/C11H12N4O2/c1-12-10-4-3-9(7-11(10)15(16)17)8-14-6-2-5-13-14/h2-7,12H,8H2,1H3. The summed E-state index contributed by atoms with van der Waals surface area (Å²) in [5.74, 6) is 0. The summed E-state index contributed by atoms with van der Waals surface area (Å²) >= 11 is 0. The largest absolute Gasteiger partial charge is 0.383 e. The van der Waals surface area contributed by atoms with Gasteiger partial charge in [-0.15, -0.1) is 0 Å². The quantitative estimate of drug-likeness (QED) is 0.645. The molecule has 0 bridgehead atoms. The third kappa shape index (κ3) is 2.41. The lowest BCUT2D eigenvalue weighted by atomic mass is 10.1. The van der Waals surface area contributed by atoms with Gasteiger partial charge in [0.2, 0.25) is 0 Å². The zero-order chi connectivity index (χ0) is 12.3. The van der Waals surface area contributed by atoms with Crippen LogP contribution in [-0.2, 0) is 6.54 Å². The first-order chi connectivity index (χ1) is 8.20. The highest BCUT2D eigenvalue weighted by molar-refractivity contribution is 5.62. The van der Waals surface area contributed by atoms with E-state index >= 15 is 0 Å². The summed E-state index contributed by atoms with van der Waals surface area (Å²) in [6.07, 6.45) is 3.49. The molecule has 88 valence electrons. The highest BCUT2D eigenvalue weighted by Crippen LogP contribution is 2.25. The van der Waals surface area contributed by atoms with Crippen molar-refractivity contribution in [2.24, 2.45) is 0 Å². The Bertz CT molecular complexity index is 522. The van der Waals surface area contributed by atoms with Gasteiger partial charge in [0.05, 0.1) is 11.5 Å². The molecule has 1 N–H and O–H groups in total. The maximum Gasteiger partial charge on any atom is 0.292 e. The number of benzene rings is 1. The maximum absolute atomic E-state index is 10.9. The summed E-state index contributed by atoms with van der Waals surface area (Å²) in [5.41, 5.74) is 1.44. The minimum atomic E-state index is -0.390. The molecule has 6 heteroatoms. The number of anilines is 1. The van der Waals surface area contributed by atoms with Gasteiger partial charge in [-0.1, -0.05) is 6.07 Å². The number of nitrogens with one attached hydrogen (secondary N) is 1. The number of aromatic nitrogens is 2. The number of nitro groups is 1. The monoisotopic (exact) mass is 232 g/mol. The summed E-state index contributed by atoms with van der Waals surface area (Å²) in [4.78, 5) is 10.5. The molecule has 1 aromatic heterocycles. The predicted molar refractivity (Wildman–Crippen MR) is 64.0 cm³/mol. The molecule has 2 rings (SSSR count). The lowest BCUT2D eigenvalue weighted by Crippen LogP contribution is -2.02. The first-order valence-electron chi connectivity index (χ1n) is 5.13. The third-order valence-electron chi connectivity index (χ3n) is 2.43. The van der Waals surface area contributed by atoms with Gasteiger partial charge in [0, 0.05) is 25.5 Å². The SMILES string of the molecule is CNc1ccc(Cn2cccn2)cc1[N+](=O)[O-].